The van der Waals surface area contributed by atoms with Crippen LogP contribution in [0.1, 0.15) is 29.8 Å². The third-order valence-electron chi connectivity index (χ3n) is 2.09. The molecule has 4 nitrogen and oxygen atoms in total. The molecule has 0 aliphatic heterocycles. The van der Waals surface area contributed by atoms with Crippen molar-refractivity contribution in [3.8, 4) is 0 Å². The molecular weight excluding hydrogens is 208 g/mol. The molecule has 0 atom stereocenters. The SMILES string of the molecule is CC(C)(O)C(=O)c1ccc(COC=O)cc1. The third kappa shape index (κ3) is 3.17. The number of benzene rings is 1. The van der Waals surface area contributed by atoms with Gasteiger partial charge in [-0.05, 0) is 19.4 Å². The predicted molar refractivity (Wildman–Crippen MR) is 57.9 cm³/mol. The van der Waals surface area contributed by atoms with E-state index in [9.17, 15) is 14.7 Å². The first kappa shape index (κ1) is 12.4. The summed E-state index contributed by atoms with van der Waals surface area (Å²) in [4.78, 5) is 21.6. The number of hydrogen-bond acceptors (Lipinski definition) is 4. The Bertz CT molecular complexity index is 373. The molecule has 0 saturated carbocycles. The van der Waals surface area contributed by atoms with E-state index in [0.29, 0.717) is 12.0 Å². The second-order valence-electron chi connectivity index (χ2n) is 3.99. The molecule has 0 bridgehead atoms. The number of ether oxygens (including phenoxy) is 1. The molecule has 0 amide bonds. The molecular formula is C12H14O4. The molecule has 4 heteroatoms. The summed E-state index contributed by atoms with van der Waals surface area (Å²) in [6.07, 6.45) is 0. The van der Waals surface area contributed by atoms with Gasteiger partial charge in [-0.2, -0.15) is 0 Å². The van der Waals surface area contributed by atoms with Crippen LogP contribution in [0.25, 0.3) is 0 Å². The maximum absolute atomic E-state index is 11.7. The van der Waals surface area contributed by atoms with Gasteiger partial charge in [0.1, 0.15) is 12.2 Å². The van der Waals surface area contributed by atoms with E-state index >= 15 is 0 Å². The first-order valence-corrected chi connectivity index (χ1v) is 4.86. The van der Waals surface area contributed by atoms with E-state index in [4.69, 9.17) is 0 Å². The molecule has 0 spiro atoms. The zero-order valence-electron chi connectivity index (χ0n) is 9.27. The number of carbonyl (C=O) groups is 2. The Labute approximate surface area is 93.9 Å². The number of rotatable bonds is 5. The minimum Gasteiger partial charge on any atom is -0.463 e. The number of Topliss-reactive ketones (excluding diaryl/α,β-unsaturated/α-hetero) is 1. The van der Waals surface area contributed by atoms with Gasteiger partial charge in [0.2, 0.25) is 0 Å². The lowest BCUT2D eigenvalue weighted by Gasteiger charge is -2.15. The van der Waals surface area contributed by atoms with Gasteiger partial charge in [0.25, 0.3) is 6.47 Å². The first-order valence-electron chi connectivity index (χ1n) is 4.86. The van der Waals surface area contributed by atoms with Crippen molar-refractivity contribution in [1.29, 1.82) is 0 Å². The van der Waals surface area contributed by atoms with Crippen LogP contribution < -0.4 is 0 Å². The molecule has 0 unspecified atom stereocenters. The van der Waals surface area contributed by atoms with Crippen LogP contribution in [0.4, 0.5) is 0 Å². The van der Waals surface area contributed by atoms with E-state index in [1.165, 1.54) is 13.8 Å². The molecule has 0 saturated heterocycles. The van der Waals surface area contributed by atoms with Crippen LogP contribution in [-0.4, -0.2) is 23.0 Å². The molecule has 0 aromatic heterocycles. The molecule has 0 aliphatic carbocycles. The zero-order valence-corrected chi connectivity index (χ0v) is 9.27. The third-order valence-corrected chi connectivity index (χ3v) is 2.09. The second kappa shape index (κ2) is 4.90. The predicted octanol–water partition coefficient (Wildman–Crippen LogP) is 1.31. The van der Waals surface area contributed by atoms with Crippen LogP contribution in [0.3, 0.4) is 0 Å². The van der Waals surface area contributed by atoms with Crippen molar-refractivity contribution in [2.45, 2.75) is 26.1 Å². The molecule has 16 heavy (non-hydrogen) atoms. The minimum absolute atomic E-state index is 0.181. The van der Waals surface area contributed by atoms with Gasteiger partial charge in [0.05, 0.1) is 0 Å². The molecule has 0 fully saturated rings. The maximum atomic E-state index is 11.7. The normalized spacial score (nSPS) is 10.9. The highest BCUT2D eigenvalue weighted by Crippen LogP contribution is 2.13. The highest BCUT2D eigenvalue weighted by atomic mass is 16.5. The average molecular weight is 222 g/mol. The number of hydrogen-bond donors (Lipinski definition) is 1. The van der Waals surface area contributed by atoms with E-state index in [1.54, 1.807) is 24.3 Å². The number of aliphatic hydroxyl groups is 1. The summed E-state index contributed by atoms with van der Waals surface area (Å²) < 4.78 is 4.57. The molecule has 0 radical (unpaired) electrons. The van der Waals surface area contributed by atoms with Gasteiger partial charge in [0.15, 0.2) is 5.78 Å². The fourth-order valence-electron chi connectivity index (χ4n) is 1.24. The number of ketones is 1. The van der Waals surface area contributed by atoms with Gasteiger partial charge in [-0.1, -0.05) is 24.3 Å². The van der Waals surface area contributed by atoms with Gasteiger partial charge in [-0.3, -0.25) is 9.59 Å². The Hall–Kier alpha value is -1.68. The number of carbonyl (C=O) groups excluding carboxylic acids is 2. The van der Waals surface area contributed by atoms with Crippen LogP contribution in [0.5, 0.6) is 0 Å². The summed E-state index contributed by atoms with van der Waals surface area (Å²) in [5.41, 5.74) is -0.150. The van der Waals surface area contributed by atoms with Crippen molar-refractivity contribution >= 4 is 12.3 Å². The Morgan fingerprint density at radius 3 is 2.38 bits per heavy atom. The van der Waals surface area contributed by atoms with Crippen molar-refractivity contribution in [1.82, 2.24) is 0 Å². The fourth-order valence-corrected chi connectivity index (χ4v) is 1.24. The van der Waals surface area contributed by atoms with Crippen molar-refractivity contribution in [3.05, 3.63) is 35.4 Å². The molecule has 86 valence electrons. The Morgan fingerprint density at radius 1 is 1.38 bits per heavy atom. The van der Waals surface area contributed by atoms with E-state index in [1.807, 2.05) is 0 Å². The van der Waals surface area contributed by atoms with Crippen molar-refractivity contribution in [3.63, 3.8) is 0 Å². The molecule has 1 N–H and O–H groups in total. The van der Waals surface area contributed by atoms with E-state index in [2.05, 4.69) is 4.74 Å². The van der Waals surface area contributed by atoms with Gasteiger partial charge in [-0.15, -0.1) is 0 Å². The van der Waals surface area contributed by atoms with E-state index in [-0.39, 0.29) is 12.4 Å². The summed E-state index contributed by atoms with van der Waals surface area (Å²) in [6, 6.07) is 6.57. The first-order chi connectivity index (χ1) is 7.45. The lowest BCUT2D eigenvalue weighted by atomic mass is 9.96. The van der Waals surface area contributed by atoms with E-state index in [0.717, 1.165) is 5.56 Å². The summed E-state index contributed by atoms with van der Waals surface area (Å²) in [6.45, 7) is 3.44. The smallest absolute Gasteiger partial charge is 0.293 e. The van der Waals surface area contributed by atoms with Crippen LogP contribution in [-0.2, 0) is 16.1 Å². The highest BCUT2D eigenvalue weighted by Gasteiger charge is 2.24. The van der Waals surface area contributed by atoms with Gasteiger partial charge in [0, 0.05) is 5.56 Å². The maximum Gasteiger partial charge on any atom is 0.293 e. The largest absolute Gasteiger partial charge is 0.463 e. The molecule has 1 aromatic rings. The zero-order chi connectivity index (χ0) is 12.2. The quantitative estimate of drug-likeness (QED) is 0.602. The van der Waals surface area contributed by atoms with Crippen LogP contribution in [0.2, 0.25) is 0 Å². The van der Waals surface area contributed by atoms with Crippen LogP contribution in [0.15, 0.2) is 24.3 Å². The van der Waals surface area contributed by atoms with Crippen LogP contribution >= 0.6 is 0 Å². The molecule has 0 heterocycles. The van der Waals surface area contributed by atoms with Gasteiger partial charge in [-0.25, -0.2) is 0 Å². The van der Waals surface area contributed by atoms with Crippen molar-refractivity contribution in [2.75, 3.05) is 0 Å². The summed E-state index contributed by atoms with van der Waals surface area (Å²) in [7, 11) is 0. The lowest BCUT2D eigenvalue weighted by molar-refractivity contribution is -0.129. The standard InChI is InChI=1S/C12H14O4/c1-12(2,15)11(14)10-5-3-9(4-6-10)7-16-8-13/h3-6,8,15H,7H2,1-2H3. The minimum atomic E-state index is -1.37. The summed E-state index contributed by atoms with van der Waals surface area (Å²) in [5, 5.41) is 9.53. The highest BCUT2D eigenvalue weighted by molar-refractivity contribution is 6.01. The lowest BCUT2D eigenvalue weighted by Crippen LogP contribution is -2.31. The van der Waals surface area contributed by atoms with Crippen LogP contribution in [0, 0.1) is 0 Å². The van der Waals surface area contributed by atoms with Crippen molar-refractivity contribution < 1.29 is 19.4 Å². The van der Waals surface area contributed by atoms with E-state index < -0.39 is 5.60 Å². The molecule has 1 aromatic carbocycles. The topological polar surface area (TPSA) is 63.6 Å². The Morgan fingerprint density at radius 2 is 1.94 bits per heavy atom. The average Bonchev–Trinajstić information content (AvgIpc) is 2.25. The van der Waals surface area contributed by atoms with Crippen molar-refractivity contribution in [2.24, 2.45) is 0 Å². The molecule has 0 aliphatic rings. The van der Waals surface area contributed by atoms with Gasteiger partial charge < -0.3 is 9.84 Å². The van der Waals surface area contributed by atoms with Gasteiger partial charge >= 0.3 is 0 Å². The summed E-state index contributed by atoms with van der Waals surface area (Å²) >= 11 is 0. The second-order valence-corrected chi connectivity index (χ2v) is 3.99. The fraction of sp³-hybridized carbons (Fsp3) is 0.333. The molecule has 1 rings (SSSR count). The monoisotopic (exact) mass is 222 g/mol. The Kier molecular flexibility index (Phi) is 3.79. The summed E-state index contributed by atoms with van der Waals surface area (Å²) in [5.74, 6) is -0.338. The Balaban J connectivity index is 2.79.